The second-order valence-electron chi connectivity index (χ2n) is 4.12. The summed E-state index contributed by atoms with van der Waals surface area (Å²) in [6, 6.07) is 0. The Balaban J connectivity index is 1.88. The first kappa shape index (κ1) is 8.93. The smallest absolute Gasteiger partial charge is 0.183 e. The Labute approximate surface area is 79.5 Å². The fourth-order valence-corrected chi connectivity index (χ4v) is 5.27. The maximum atomic E-state index is 5.63. The molecular formula is C8H18O2Si2. The minimum atomic E-state index is -0.345. The second kappa shape index (κ2) is 3.61. The van der Waals surface area contributed by atoms with Gasteiger partial charge in [0.25, 0.3) is 0 Å². The first-order valence-corrected chi connectivity index (χ1v) is 7.10. The van der Waals surface area contributed by atoms with Crippen LogP contribution in [0, 0.1) is 5.92 Å². The molecule has 1 aliphatic carbocycles. The monoisotopic (exact) mass is 202 g/mol. The van der Waals surface area contributed by atoms with Gasteiger partial charge < -0.3 is 8.85 Å². The van der Waals surface area contributed by atoms with E-state index in [4.69, 9.17) is 8.85 Å². The van der Waals surface area contributed by atoms with Crippen LogP contribution in [0.4, 0.5) is 0 Å². The van der Waals surface area contributed by atoms with E-state index in [9.17, 15) is 0 Å². The normalized spacial score (nSPS) is 38.0. The summed E-state index contributed by atoms with van der Waals surface area (Å²) in [6.45, 7) is 1.02. The zero-order valence-electron chi connectivity index (χ0n) is 7.84. The molecule has 1 saturated carbocycles. The third-order valence-electron chi connectivity index (χ3n) is 3.25. The topological polar surface area (TPSA) is 21.8 Å². The lowest BCUT2D eigenvalue weighted by atomic mass is 9.87. The van der Waals surface area contributed by atoms with E-state index in [1.54, 1.807) is 0 Å². The van der Waals surface area contributed by atoms with Crippen LogP contribution in [-0.2, 0) is 8.85 Å². The molecule has 1 saturated heterocycles. The minimum Gasteiger partial charge on any atom is -0.466 e. The van der Waals surface area contributed by atoms with E-state index in [1.807, 2.05) is 0 Å². The summed E-state index contributed by atoms with van der Waals surface area (Å²) in [5.74, 6) is 0.867. The maximum Gasteiger partial charge on any atom is 0.183 e. The quantitative estimate of drug-likeness (QED) is 0.462. The van der Waals surface area contributed by atoms with Gasteiger partial charge in [0.15, 0.2) is 9.76 Å². The van der Waals surface area contributed by atoms with E-state index < -0.39 is 0 Å². The molecule has 1 unspecified atom stereocenters. The molecule has 0 bridgehead atoms. The van der Waals surface area contributed by atoms with E-state index in [2.05, 4.69) is 0 Å². The van der Waals surface area contributed by atoms with Gasteiger partial charge in [-0.05, 0) is 18.8 Å². The number of rotatable bonds is 3. The van der Waals surface area contributed by atoms with Crippen molar-refractivity contribution in [2.75, 3.05) is 6.61 Å². The fourth-order valence-electron chi connectivity index (χ4n) is 2.40. The minimum absolute atomic E-state index is 0.322. The maximum absolute atomic E-state index is 5.63. The van der Waals surface area contributed by atoms with Crippen molar-refractivity contribution >= 4 is 20.2 Å². The Morgan fingerprint density at radius 3 is 2.50 bits per heavy atom. The Hall–Kier alpha value is 0.354. The summed E-state index contributed by atoms with van der Waals surface area (Å²) in [4.78, 5) is 0. The van der Waals surface area contributed by atoms with Crippen molar-refractivity contribution in [3.63, 3.8) is 0 Å². The zero-order chi connectivity index (χ0) is 8.44. The standard InChI is InChI=1S/C8H18O2Si2/c11-10-12-8(6-9-8)7-4-2-1-3-5-7/h7H,1-6,12H2,11H3. The van der Waals surface area contributed by atoms with Crippen molar-refractivity contribution < 1.29 is 8.85 Å². The summed E-state index contributed by atoms with van der Waals surface area (Å²) in [5.41, 5.74) is 0. The van der Waals surface area contributed by atoms with Crippen molar-refractivity contribution in [2.45, 2.75) is 37.3 Å². The molecule has 1 atom stereocenters. The van der Waals surface area contributed by atoms with Crippen molar-refractivity contribution in [1.29, 1.82) is 0 Å². The Bertz CT molecular complexity index is 153. The third kappa shape index (κ3) is 1.66. The summed E-state index contributed by atoms with van der Waals surface area (Å²) in [6.07, 6.45) is 7.09. The summed E-state index contributed by atoms with van der Waals surface area (Å²) in [7, 11) is 0.567. The van der Waals surface area contributed by atoms with Gasteiger partial charge in [0, 0.05) is 0 Å². The van der Waals surface area contributed by atoms with Crippen LogP contribution in [0.5, 0.6) is 0 Å². The van der Waals surface area contributed by atoms with Gasteiger partial charge in [0.2, 0.25) is 0 Å². The van der Waals surface area contributed by atoms with Gasteiger partial charge in [-0.15, -0.1) is 0 Å². The van der Waals surface area contributed by atoms with Crippen LogP contribution >= 0.6 is 0 Å². The number of epoxide rings is 1. The van der Waals surface area contributed by atoms with Crippen LogP contribution in [0.15, 0.2) is 0 Å². The molecule has 0 aromatic rings. The van der Waals surface area contributed by atoms with Crippen molar-refractivity contribution in [2.24, 2.45) is 5.92 Å². The number of hydrogen-bond donors (Lipinski definition) is 0. The van der Waals surface area contributed by atoms with Gasteiger partial charge in [0.1, 0.15) is 15.7 Å². The van der Waals surface area contributed by atoms with Crippen LogP contribution in [0.2, 0.25) is 0 Å². The summed E-state index contributed by atoms with van der Waals surface area (Å²) >= 11 is 0. The molecule has 0 amide bonds. The second-order valence-corrected chi connectivity index (χ2v) is 7.92. The highest BCUT2D eigenvalue weighted by Crippen LogP contribution is 2.42. The lowest BCUT2D eigenvalue weighted by molar-refractivity contribution is 0.226. The summed E-state index contributed by atoms with van der Waals surface area (Å²) < 4.78 is 11.1. The predicted molar refractivity (Wildman–Crippen MR) is 54.8 cm³/mol. The fraction of sp³-hybridized carbons (Fsp3) is 1.00. The molecule has 4 heteroatoms. The van der Waals surface area contributed by atoms with Gasteiger partial charge >= 0.3 is 0 Å². The first-order chi connectivity index (χ1) is 5.87. The van der Waals surface area contributed by atoms with E-state index in [0.717, 1.165) is 23.0 Å². The molecule has 0 aromatic carbocycles. The molecule has 2 aliphatic rings. The van der Waals surface area contributed by atoms with Crippen molar-refractivity contribution in [3.8, 4) is 0 Å². The van der Waals surface area contributed by atoms with Gasteiger partial charge in [-0.2, -0.15) is 0 Å². The predicted octanol–water partition coefficient (Wildman–Crippen LogP) is -0.326. The van der Waals surface area contributed by atoms with Gasteiger partial charge in [-0.25, -0.2) is 0 Å². The molecular weight excluding hydrogens is 184 g/mol. The molecule has 0 spiro atoms. The Morgan fingerprint density at radius 2 is 2.00 bits per heavy atom. The highest BCUT2D eigenvalue weighted by atomic mass is 28.3. The Morgan fingerprint density at radius 1 is 1.33 bits per heavy atom. The SMILES string of the molecule is [SiH3]O[SiH2]C1(C2CCCCC2)CO1. The Kier molecular flexibility index (Phi) is 2.69. The number of hydrogen-bond acceptors (Lipinski definition) is 2. The van der Waals surface area contributed by atoms with E-state index in [0.29, 0.717) is 5.22 Å². The average molecular weight is 202 g/mol. The highest BCUT2D eigenvalue weighted by molar-refractivity contribution is 6.39. The van der Waals surface area contributed by atoms with Crippen LogP contribution in [-0.4, -0.2) is 32.1 Å². The largest absolute Gasteiger partial charge is 0.466 e. The van der Waals surface area contributed by atoms with Gasteiger partial charge in [-0.1, -0.05) is 19.3 Å². The van der Waals surface area contributed by atoms with E-state index in [1.165, 1.54) is 32.1 Å². The van der Waals surface area contributed by atoms with Crippen LogP contribution in [0.25, 0.3) is 0 Å². The molecule has 70 valence electrons. The first-order valence-electron chi connectivity index (χ1n) is 5.00. The molecule has 2 nitrogen and oxygen atoms in total. The summed E-state index contributed by atoms with van der Waals surface area (Å²) in [5, 5.41) is 0.322. The molecule has 2 rings (SSSR count). The molecule has 0 aromatic heterocycles. The van der Waals surface area contributed by atoms with Crippen LogP contribution < -0.4 is 0 Å². The van der Waals surface area contributed by atoms with Gasteiger partial charge in [0.05, 0.1) is 6.61 Å². The van der Waals surface area contributed by atoms with Crippen molar-refractivity contribution in [1.82, 2.24) is 0 Å². The molecule has 2 fully saturated rings. The number of ether oxygens (including phenoxy) is 1. The molecule has 0 radical (unpaired) electrons. The van der Waals surface area contributed by atoms with E-state index >= 15 is 0 Å². The van der Waals surface area contributed by atoms with Crippen molar-refractivity contribution in [3.05, 3.63) is 0 Å². The molecule has 0 N–H and O–H groups in total. The van der Waals surface area contributed by atoms with Crippen LogP contribution in [0.1, 0.15) is 32.1 Å². The lowest BCUT2D eigenvalue weighted by Crippen LogP contribution is -2.34. The highest BCUT2D eigenvalue weighted by Gasteiger charge is 2.51. The zero-order valence-corrected chi connectivity index (χ0v) is 11.3. The molecule has 1 aliphatic heterocycles. The molecule has 1 heterocycles. The average Bonchev–Trinajstić information content (AvgIpc) is 2.88. The third-order valence-corrected chi connectivity index (χ3v) is 5.88. The van der Waals surface area contributed by atoms with E-state index in [-0.39, 0.29) is 9.76 Å². The lowest BCUT2D eigenvalue weighted by Gasteiger charge is -2.26. The van der Waals surface area contributed by atoms with Gasteiger partial charge in [-0.3, -0.25) is 0 Å². The van der Waals surface area contributed by atoms with Crippen LogP contribution in [0.3, 0.4) is 0 Å². The molecule has 12 heavy (non-hydrogen) atoms.